The lowest BCUT2D eigenvalue weighted by molar-refractivity contribution is -0.168. The average Bonchev–Trinajstić information content (AvgIpc) is 2.39. The van der Waals surface area contributed by atoms with Crippen molar-refractivity contribution in [1.82, 2.24) is 0 Å². The average molecular weight is 264 g/mol. The van der Waals surface area contributed by atoms with Crippen LogP contribution in [-0.4, -0.2) is 63.7 Å². The monoisotopic (exact) mass is 264 g/mol. The maximum atomic E-state index is 11.3. The Bertz CT molecular complexity index is 256. The molecule has 0 saturated carbocycles. The van der Waals surface area contributed by atoms with Gasteiger partial charge in [0.05, 0.1) is 6.61 Å². The van der Waals surface area contributed by atoms with Crippen LogP contribution < -0.4 is 0 Å². The molecule has 0 radical (unpaired) electrons. The Morgan fingerprint density at radius 1 is 1.28 bits per heavy atom. The molecular formula is C11H20O7. The first-order valence-corrected chi connectivity index (χ1v) is 5.77. The first kappa shape index (κ1) is 17.0. The minimum atomic E-state index is -1.78. The smallest absolute Gasteiger partial charge is 0.306 e. The van der Waals surface area contributed by atoms with Gasteiger partial charge in [0.15, 0.2) is 12.4 Å². The van der Waals surface area contributed by atoms with Crippen molar-refractivity contribution in [3.05, 3.63) is 0 Å². The van der Waals surface area contributed by atoms with Gasteiger partial charge in [0.1, 0.15) is 18.3 Å². The number of aldehydes is 1. The third kappa shape index (κ3) is 5.54. The highest BCUT2D eigenvalue weighted by Crippen LogP contribution is 2.09. The number of carbonyl (C=O) groups excluding carboxylic acids is 2. The van der Waals surface area contributed by atoms with Crippen LogP contribution in [-0.2, 0) is 14.3 Å². The second-order valence-corrected chi connectivity index (χ2v) is 3.93. The number of ether oxygens (including phenoxy) is 1. The van der Waals surface area contributed by atoms with Gasteiger partial charge >= 0.3 is 5.97 Å². The van der Waals surface area contributed by atoms with Crippen LogP contribution in [0.1, 0.15) is 26.2 Å². The first-order chi connectivity index (χ1) is 8.47. The lowest BCUT2D eigenvalue weighted by Crippen LogP contribution is -2.48. The molecule has 7 nitrogen and oxygen atoms in total. The predicted octanol–water partition coefficient (Wildman–Crippen LogP) is -1.64. The minimum Gasteiger partial charge on any atom is -0.452 e. The lowest BCUT2D eigenvalue weighted by atomic mass is 10.0. The molecule has 106 valence electrons. The van der Waals surface area contributed by atoms with E-state index in [1.54, 1.807) is 0 Å². The Hall–Kier alpha value is -1.02. The van der Waals surface area contributed by atoms with Crippen molar-refractivity contribution >= 4 is 12.3 Å². The number of aliphatic hydroxyl groups excluding tert-OH is 4. The highest BCUT2D eigenvalue weighted by molar-refractivity contribution is 5.72. The van der Waals surface area contributed by atoms with E-state index >= 15 is 0 Å². The molecule has 0 bridgehead atoms. The third-order valence-electron chi connectivity index (χ3n) is 2.40. The molecule has 0 rings (SSSR count). The van der Waals surface area contributed by atoms with E-state index in [1.165, 1.54) is 0 Å². The fourth-order valence-corrected chi connectivity index (χ4v) is 1.24. The first-order valence-electron chi connectivity index (χ1n) is 5.77. The molecular weight excluding hydrogens is 244 g/mol. The van der Waals surface area contributed by atoms with Gasteiger partial charge in [0.2, 0.25) is 0 Å². The zero-order chi connectivity index (χ0) is 14.1. The highest BCUT2D eigenvalue weighted by atomic mass is 16.6. The van der Waals surface area contributed by atoms with Crippen molar-refractivity contribution in [3.63, 3.8) is 0 Å². The second-order valence-electron chi connectivity index (χ2n) is 3.93. The van der Waals surface area contributed by atoms with E-state index in [1.807, 2.05) is 6.92 Å². The van der Waals surface area contributed by atoms with E-state index in [4.69, 9.17) is 10.2 Å². The molecule has 0 aliphatic heterocycles. The molecule has 0 amide bonds. The fourth-order valence-electron chi connectivity index (χ4n) is 1.24. The van der Waals surface area contributed by atoms with Gasteiger partial charge in [-0.2, -0.15) is 0 Å². The van der Waals surface area contributed by atoms with E-state index in [-0.39, 0.29) is 12.7 Å². The lowest BCUT2D eigenvalue weighted by Gasteiger charge is -2.25. The molecule has 4 atom stereocenters. The molecule has 0 heterocycles. The molecule has 0 aromatic heterocycles. The highest BCUT2D eigenvalue weighted by Gasteiger charge is 2.33. The van der Waals surface area contributed by atoms with E-state index in [9.17, 15) is 19.8 Å². The summed E-state index contributed by atoms with van der Waals surface area (Å²) in [5, 5.41) is 36.6. The maximum absolute atomic E-state index is 11.3. The SMILES string of the molecule is CCCCC(=O)O[C@H](C=O)[C@@H](O)[C@H](O)[C@H](O)CO. The summed E-state index contributed by atoms with van der Waals surface area (Å²) in [7, 11) is 0. The van der Waals surface area contributed by atoms with Crippen LogP contribution in [0.3, 0.4) is 0 Å². The van der Waals surface area contributed by atoms with Gasteiger partial charge in [0, 0.05) is 6.42 Å². The number of esters is 1. The maximum Gasteiger partial charge on any atom is 0.306 e. The molecule has 0 fully saturated rings. The molecule has 0 aliphatic carbocycles. The molecule has 18 heavy (non-hydrogen) atoms. The number of hydrogen-bond acceptors (Lipinski definition) is 7. The third-order valence-corrected chi connectivity index (χ3v) is 2.40. The van der Waals surface area contributed by atoms with Gasteiger partial charge in [-0.3, -0.25) is 9.59 Å². The number of aliphatic hydroxyl groups is 4. The molecule has 0 aromatic rings. The Kier molecular flexibility index (Phi) is 8.47. The Morgan fingerprint density at radius 3 is 2.33 bits per heavy atom. The summed E-state index contributed by atoms with van der Waals surface area (Å²) in [5.74, 6) is -0.668. The van der Waals surface area contributed by atoms with Crippen LogP contribution in [0.2, 0.25) is 0 Å². The number of hydrogen-bond donors (Lipinski definition) is 4. The standard InChI is InChI=1S/C11H20O7/c1-2-3-4-9(15)18-8(6-13)11(17)10(16)7(14)5-12/h6-8,10-12,14,16-17H,2-5H2,1H3/t7-,8-,10-,11-/m1/s1. The van der Waals surface area contributed by atoms with Crippen molar-refractivity contribution in [3.8, 4) is 0 Å². The van der Waals surface area contributed by atoms with Gasteiger partial charge in [0.25, 0.3) is 0 Å². The minimum absolute atomic E-state index is 0.103. The Labute approximate surface area is 105 Å². The van der Waals surface area contributed by atoms with Crippen LogP contribution >= 0.6 is 0 Å². The van der Waals surface area contributed by atoms with Gasteiger partial charge in [-0.25, -0.2) is 0 Å². The molecule has 4 N–H and O–H groups in total. The molecule has 0 aromatic carbocycles. The van der Waals surface area contributed by atoms with Crippen molar-refractivity contribution in [2.24, 2.45) is 0 Å². The molecule has 0 unspecified atom stereocenters. The topological polar surface area (TPSA) is 124 Å². The summed E-state index contributed by atoms with van der Waals surface area (Å²) in [5.41, 5.74) is 0. The normalized spacial score (nSPS) is 17.6. The molecule has 0 spiro atoms. The number of unbranched alkanes of at least 4 members (excludes halogenated alkanes) is 1. The number of rotatable bonds is 9. The molecule has 0 saturated heterocycles. The van der Waals surface area contributed by atoms with Gasteiger partial charge in [-0.15, -0.1) is 0 Å². The predicted molar refractivity (Wildman–Crippen MR) is 60.6 cm³/mol. The van der Waals surface area contributed by atoms with Crippen LogP contribution in [0.4, 0.5) is 0 Å². The largest absolute Gasteiger partial charge is 0.452 e. The Balaban J connectivity index is 4.39. The van der Waals surface area contributed by atoms with Gasteiger partial charge < -0.3 is 25.2 Å². The van der Waals surface area contributed by atoms with E-state index in [0.717, 1.165) is 6.42 Å². The van der Waals surface area contributed by atoms with Crippen LogP contribution in [0, 0.1) is 0 Å². The zero-order valence-electron chi connectivity index (χ0n) is 10.2. The quantitative estimate of drug-likeness (QED) is 0.291. The van der Waals surface area contributed by atoms with Crippen molar-refractivity contribution in [1.29, 1.82) is 0 Å². The van der Waals surface area contributed by atoms with Crippen LogP contribution in [0.25, 0.3) is 0 Å². The van der Waals surface area contributed by atoms with Crippen molar-refractivity contribution in [2.75, 3.05) is 6.61 Å². The van der Waals surface area contributed by atoms with E-state index < -0.39 is 37.0 Å². The Morgan fingerprint density at radius 2 is 1.89 bits per heavy atom. The summed E-state index contributed by atoms with van der Waals surface area (Å²) < 4.78 is 4.67. The molecule has 7 heteroatoms. The van der Waals surface area contributed by atoms with Crippen LogP contribution in [0.15, 0.2) is 0 Å². The van der Waals surface area contributed by atoms with Crippen LogP contribution in [0.5, 0.6) is 0 Å². The van der Waals surface area contributed by atoms with Gasteiger partial charge in [-0.05, 0) is 6.42 Å². The van der Waals surface area contributed by atoms with Crippen molar-refractivity contribution in [2.45, 2.75) is 50.6 Å². The fraction of sp³-hybridized carbons (Fsp3) is 0.818. The summed E-state index contributed by atoms with van der Waals surface area (Å²) in [6, 6.07) is 0. The summed E-state index contributed by atoms with van der Waals surface area (Å²) in [6.07, 6.45) is -5.10. The summed E-state index contributed by atoms with van der Waals surface area (Å²) >= 11 is 0. The zero-order valence-corrected chi connectivity index (χ0v) is 10.2. The molecule has 0 aliphatic rings. The van der Waals surface area contributed by atoms with E-state index in [0.29, 0.717) is 6.42 Å². The van der Waals surface area contributed by atoms with Crippen molar-refractivity contribution < 1.29 is 34.8 Å². The van der Waals surface area contributed by atoms with E-state index in [2.05, 4.69) is 4.74 Å². The number of carbonyl (C=O) groups is 2. The second kappa shape index (κ2) is 8.98. The van der Waals surface area contributed by atoms with Gasteiger partial charge in [-0.1, -0.05) is 13.3 Å². The summed E-state index contributed by atoms with van der Waals surface area (Å²) in [6.45, 7) is 1.09. The summed E-state index contributed by atoms with van der Waals surface area (Å²) in [4.78, 5) is 21.9.